The van der Waals surface area contributed by atoms with E-state index in [4.69, 9.17) is 0 Å². The van der Waals surface area contributed by atoms with Gasteiger partial charge in [0.25, 0.3) is 0 Å². The first-order valence-corrected chi connectivity index (χ1v) is 10.4. The summed E-state index contributed by atoms with van der Waals surface area (Å²) in [5.74, 6) is -11.5. The summed E-state index contributed by atoms with van der Waals surface area (Å²) in [6.07, 6.45) is -11.9. The number of rotatable bonds is 6. The Bertz CT molecular complexity index is 874. The molecule has 0 aliphatic carbocycles. The van der Waals surface area contributed by atoms with Crippen molar-refractivity contribution < 1.29 is 55.6 Å². The average Bonchev–Trinajstić information content (AvgIpc) is 2.71. The molecule has 1 unspecified atom stereocenters. The van der Waals surface area contributed by atoms with Gasteiger partial charge < -0.3 is 24.6 Å². The lowest BCUT2D eigenvalue weighted by atomic mass is 9.64. The molecule has 1 aromatic rings. The highest BCUT2D eigenvalue weighted by atomic mass is 19.4. The second kappa shape index (κ2) is 9.82. The van der Waals surface area contributed by atoms with Gasteiger partial charge in [0.15, 0.2) is 0 Å². The van der Waals surface area contributed by atoms with E-state index in [1.807, 2.05) is 0 Å². The lowest BCUT2D eigenvalue weighted by Gasteiger charge is -2.54. The van der Waals surface area contributed by atoms with Gasteiger partial charge in [-0.05, 0) is 31.5 Å². The molecule has 35 heavy (non-hydrogen) atoms. The maximum atomic E-state index is 14.1. The molecule has 1 aromatic carbocycles. The van der Waals surface area contributed by atoms with E-state index in [2.05, 4.69) is 9.47 Å². The van der Waals surface area contributed by atoms with Crippen molar-refractivity contribution in [1.29, 1.82) is 0 Å². The number of alkyl halides is 6. The van der Waals surface area contributed by atoms with Gasteiger partial charge in [0.1, 0.15) is 11.8 Å². The summed E-state index contributed by atoms with van der Waals surface area (Å²) in [4.78, 5) is 27.1. The van der Waals surface area contributed by atoms with E-state index in [1.54, 1.807) is 19.0 Å². The summed E-state index contributed by atoms with van der Waals surface area (Å²) in [5, 5.41) is 22.0. The van der Waals surface area contributed by atoms with Crippen molar-refractivity contribution in [2.75, 3.05) is 32.2 Å². The fourth-order valence-corrected chi connectivity index (χ4v) is 4.13. The van der Waals surface area contributed by atoms with E-state index >= 15 is 0 Å². The Morgan fingerprint density at radius 2 is 1.26 bits per heavy atom. The molecule has 0 saturated carbocycles. The molecule has 1 aliphatic heterocycles. The van der Waals surface area contributed by atoms with Crippen molar-refractivity contribution in [2.45, 2.75) is 43.6 Å². The zero-order valence-electron chi connectivity index (χ0n) is 19.2. The van der Waals surface area contributed by atoms with Gasteiger partial charge in [0.05, 0.1) is 13.2 Å². The normalized spacial score (nSPS) is 29.4. The van der Waals surface area contributed by atoms with Crippen molar-refractivity contribution in [3.63, 3.8) is 0 Å². The molecule has 8 nitrogen and oxygen atoms in total. The Labute approximate surface area is 196 Å². The van der Waals surface area contributed by atoms with Gasteiger partial charge in [-0.3, -0.25) is 9.59 Å². The summed E-state index contributed by atoms with van der Waals surface area (Å²) in [6, 6.07) is 4.83. The van der Waals surface area contributed by atoms with Crippen LogP contribution in [0.25, 0.3) is 0 Å². The number of hydrogen-bond donors (Lipinski definition) is 3. The molecule has 0 bridgehead atoms. The van der Waals surface area contributed by atoms with Crippen LogP contribution in [0.5, 0.6) is 0 Å². The predicted octanol–water partition coefficient (Wildman–Crippen LogP) is 2.30. The highest BCUT2D eigenvalue weighted by molar-refractivity contribution is 5.81. The van der Waals surface area contributed by atoms with Crippen LogP contribution < -0.4 is 10.2 Å². The van der Waals surface area contributed by atoms with Gasteiger partial charge in [-0.2, -0.15) is 26.3 Å². The molecule has 198 valence electrons. The molecule has 2 rings (SSSR count). The number of carbonyl (C=O) groups is 2. The van der Waals surface area contributed by atoms with Crippen molar-refractivity contribution in [1.82, 2.24) is 5.32 Å². The number of carbonyl (C=O) groups excluding carboxylic acids is 2. The van der Waals surface area contributed by atoms with E-state index in [0.717, 1.165) is 17.4 Å². The number of benzene rings is 1. The highest BCUT2D eigenvalue weighted by Gasteiger charge is 2.78. The van der Waals surface area contributed by atoms with Crippen molar-refractivity contribution in [3.8, 4) is 0 Å². The van der Waals surface area contributed by atoms with E-state index in [9.17, 15) is 46.1 Å². The van der Waals surface area contributed by atoms with Crippen molar-refractivity contribution in [3.05, 3.63) is 29.8 Å². The number of hydrogen-bond acceptors (Lipinski definition) is 8. The molecule has 0 aromatic heterocycles. The Kier molecular flexibility index (Phi) is 8.04. The number of esters is 2. The first-order valence-electron chi connectivity index (χ1n) is 10.4. The smallest absolute Gasteiger partial charge is 0.432 e. The van der Waals surface area contributed by atoms with Gasteiger partial charge in [-0.15, -0.1) is 0 Å². The standard InChI is InChI=1S/C21H26F6N2O6/c1-5-34-16(30)14-13(11-7-9-12(10-8-11)29(3)4)15(17(31)35-6-2)19(33,21(25,26)27)28-18(14,32)20(22,23)24/h7-10,13-15,28,32-33H,5-6H2,1-4H3/t13?,14-,15+,18-,19-/m0/s1. The number of nitrogens with one attached hydrogen (secondary N) is 1. The second-order valence-corrected chi connectivity index (χ2v) is 8.12. The van der Waals surface area contributed by atoms with Crippen LogP contribution in [-0.4, -0.2) is 73.3 Å². The molecule has 1 saturated heterocycles. The van der Waals surface area contributed by atoms with Crippen LogP contribution in [0.3, 0.4) is 0 Å². The van der Waals surface area contributed by atoms with Crippen LogP contribution in [-0.2, 0) is 19.1 Å². The van der Waals surface area contributed by atoms with Crippen LogP contribution >= 0.6 is 0 Å². The fraction of sp³-hybridized carbons (Fsp3) is 0.619. The third kappa shape index (κ3) is 5.05. The largest absolute Gasteiger partial charge is 0.466 e. The zero-order chi connectivity index (χ0) is 27.0. The number of ether oxygens (including phenoxy) is 2. The maximum Gasteiger partial charge on any atom is 0.432 e. The Hall–Kier alpha value is -2.58. The minimum Gasteiger partial charge on any atom is -0.466 e. The summed E-state index contributed by atoms with van der Waals surface area (Å²) in [5.41, 5.74) is -9.17. The summed E-state index contributed by atoms with van der Waals surface area (Å²) >= 11 is 0. The van der Waals surface area contributed by atoms with Crippen LogP contribution in [0.4, 0.5) is 32.0 Å². The average molecular weight is 516 g/mol. The maximum absolute atomic E-state index is 14.1. The van der Waals surface area contributed by atoms with E-state index in [-0.39, 0.29) is 5.56 Å². The molecule has 3 N–H and O–H groups in total. The van der Waals surface area contributed by atoms with Gasteiger partial charge in [-0.25, -0.2) is 5.32 Å². The molecule has 0 radical (unpaired) electrons. The minimum absolute atomic E-state index is 0.376. The molecule has 14 heteroatoms. The first kappa shape index (κ1) is 28.7. The molecule has 1 fully saturated rings. The molecule has 0 amide bonds. The van der Waals surface area contributed by atoms with Crippen molar-refractivity contribution in [2.24, 2.45) is 11.8 Å². The third-order valence-electron chi connectivity index (χ3n) is 5.74. The van der Waals surface area contributed by atoms with E-state index in [1.165, 1.54) is 26.0 Å². The molecular formula is C21H26F6N2O6. The molecule has 0 spiro atoms. The topological polar surface area (TPSA) is 108 Å². The summed E-state index contributed by atoms with van der Waals surface area (Å²) in [6.45, 7) is 1.50. The number of piperidine rings is 1. The Morgan fingerprint density at radius 3 is 1.54 bits per heavy atom. The number of anilines is 1. The summed E-state index contributed by atoms with van der Waals surface area (Å²) < 4.78 is 94.1. The van der Waals surface area contributed by atoms with E-state index in [0.29, 0.717) is 5.69 Å². The van der Waals surface area contributed by atoms with Crippen LogP contribution in [0.15, 0.2) is 24.3 Å². The molecule has 1 heterocycles. The van der Waals surface area contributed by atoms with Gasteiger partial charge in [0, 0.05) is 25.7 Å². The van der Waals surface area contributed by atoms with Gasteiger partial charge in [-0.1, -0.05) is 12.1 Å². The highest BCUT2D eigenvalue weighted by Crippen LogP contribution is 2.55. The Morgan fingerprint density at radius 1 is 0.886 bits per heavy atom. The third-order valence-corrected chi connectivity index (χ3v) is 5.74. The first-order chi connectivity index (χ1) is 16.0. The minimum atomic E-state index is -5.93. The fourth-order valence-electron chi connectivity index (χ4n) is 4.13. The van der Waals surface area contributed by atoms with Crippen LogP contribution in [0, 0.1) is 11.8 Å². The molecular weight excluding hydrogens is 490 g/mol. The quantitative estimate of drug-likeness (QED) is 0.391. The number of aliphatic hydroxyl groups is 2. The van der Waals surface area contributed by atoms with Gasteiger partial charge >= 0.3 is 24.3 Å². The van der Waals surface area contributed by atoms with Crippen LogP contribution in [0.2, 0.25) is 0 Å². The Balaban J connectivity index is 2.96. The second-order valence-electron chi connectivity index (χ2n) is 8.12. The van der Waals surface area contributed by atoms with Crippen molar-refractivity contribution >= 4 is 17.6 Å². The summed E-state index contributed by atoms with van der Waals surface area (Å²) in [7, 11) is 3.24. The number of nitrogens with zero attached hydrogens (tertiary/aromatic N) is 1. The van der Waals surface area contributed by atoms with Crippen LogP contribution in [0.1, 0.15) is 25.3 Å². The number of halogens is 6. The lowest BCUT2D eigenvalue weighted by molar-refractivity contribution is -0.376. The zero-order valence-corrected chi connectivity index (χ0v) is 19.2. The predicted molar refractivity (Wildman–Crippen MR) is 109 cm³/mol. The lowest BCUT2D eigenvalue weighted by Crippen LogP contribution is -2.81. The molecule has 5 atom stereocenters. The SMILES string of the molecule is CCOC(=O)[C@@H]1C(c2ccc(N(C)C)cc2)[C@H](C(=O)OCC)[C@](O)(C(F)(F)F)N[C@@]1(O)C(F)(F)F. The van der Waals surface area contributed by atoms with E-state index < -0.39 is 66.7 Å². The monoisotopic (exact) mass is 516 g/mol. The molecule has 1 aliphatic rings. The van der Waals surface area contributed by atoms with Gasteiger partial charge in [0.2, 0.25) is 11.4 Å².